The first kappa shape index (κ1) is 17.3. The van der Waals surface area contributed by atoms with Crippen molar-refractivity contribution in [3.05, 3.63) is 29.8 Å². The van der Waals surface area contributed by atoms with Gasteiger partial charge in [0.2, 0.25) is 0 Å². The standard InChI is InChI=1S/C19H32N2O/c1-5-14-21(4)19(16-8-7-9-18(22)15-16)12-10-17(11-13-19)20(3)6-2/h7-9,15,17,22H,5-6,10-14H2,1-4H3. The molecule has 22 heavy (non-hydrogen) atoms. The summed E-state index contributed by atoms with van der Waals surface area (Å²) in [6.07, 6.45) is 5.96. The van der Waals surface area contributed by atoms with Gasteiger partial charge >= 0.3 is 0 Å². The molecular formula is C19H32N2O. The molecule has 0 aliphatic heterocycles. The lowest BCUT2D eigenvalue weighted by molar-refractivity contribution is 0.0407. The number of benzene rings is 1. The predicted octanol–water partition coefficient (Wildman–Crippen LogP) is 3.82. The van der Waals surface area contributed by atoms with Crippen LogP contribution in [0.4, 0.5) is 0 Å². The number of phenols is 1. The van der Waals surface area contributed by atoms with Gasteiger partial charge in [-0.2, -0.15) is 0 Å². The minimum atomic E-state index is 0.0832. The second-order valence-corrected chi connectivity index (χ2v) is 6.81. The van der Waals surface area contributed by atoms with Gasteiger partial charge in [0.25, 0.3) is 0 Å². The first-order valence-electron chi connectivity index (χ1n) is 8.74. The number of phenolic OH excluding ortho intramolecular Hbond substituents is 1. The molecule has 0 heterocycles. The van der Waals surface area contributed by atoms with E-state index >= 15 is 0 Å². The molecule has 0 radical (unpaired) electrons. The molecule has 0 amide bonds. The SMILES string of the molecule is CCCN(C)C1(c2cccc(O)c2)CCC(N(C)CC)CC1. The summed E-state index contributed by atoms with van der Waals surface area (Å²) in [7, 11) is 4.49. The average molecular weight is 304 g/mol. The summed E-state index contributed by atoms with van der Waals surface area (Å²) in [4.78, 5) is 5.00. The molecule has 124 valence electrons. The van der Waals surface area contributed by atoms with Crippen LogP contribution in [0.2, 0.25) is 0 Å². The van der Waals surface area contributed by atoms with Crippen molar-refractivity contribution in [1.29, 1.82) is 0 Å². The lowest BCUT2D eigenvalue weighted by Crippen LogP contribution is -2.49. The van der Waals surface area contributed by atoms with Crippen LogP contribution in [0.3, 0.4) is 0 Å². The number of hydrogen-bond donors (Lipinski definition) is 1. The van der Waals surface area contributed by atoms with Crippen molar-refractivity contribution in [3.8, 4) is 5.75 Å². The summed E-state index contributed by atoms with van der Waals surface area (Å²) in [5.74, 6) is 0.384. The van der Waals surface area contributed by atoms with Crippen LogP contribution in [-0.4, -0.2) is 48.1 Å². The topological polar surface area (TPSA) is 26.7 Å². The van der Waals surface area contributed by atoms with Crippen LogP contribution in [-0.2, 0) is 5.54 Å². The zero-order chi connectivity index (χ0) is 16.2. The summed E-state index contributed by atoms with van der Waals surface area (Å²) in [6.45, 7) is 6.70. The largest absolute Gasteiger partial charge is 0.508 e. The first-order valence-corrected chi connectivity index (χ1v) is 8.74. The molecule has 0 bridgehead atoms. The van der Waals surface area contributed by atoms with Crippen molar-refractivity contribution < 1.29 is 5.11 Å². The summed E-state index contributed by atoms with van der Waals surface area (Å²) in [5.41, 5.74) is 1.36. The Morgan fingerprint density at radius 1 is 1.18 bits per heavy atom. The fraction of sp³-hybridized carbons (Fsp3) is 0.684. The smallest absolute Gasteiger partial charge is 0.115 e. The minimum Gasteiger partial charge on any atom is -0.508 e. The van der Waals surface area contributed by atoms with E-state index in [4.69, 9.17) is 0 Å². The minimum absolute atomic E-state index is 0.0832. The molecule has 1 aromatic carbocycles. The summed E-state index contributed by atoms with van der Waals surface area (Å²) in [5, 5.41) is 9.92. The van der Waals surface area contributed by atoms with Crippen LogP contribution in [0.1, 0.15) is 51.5 Å². The third-order valence-corrected chi connectivity index (χ3v) is 5.58. The van der Waals surface area contributed by atoms with Crippen LogP contribution in [0.15, 0.2) is 24.3 Å². The van der Waals surface area contributed by atoms with Gasteiger partial charge in [-0.3, -0.25) is 4.90 Å². The van der Waals surface area contributed by atoms with Crippen LogP contribution in [0.5, 0.6) is 5.75 Å². The average Bonchev–Trinajstić information content (AvgIpc) is 2.54. The molecule has 0 aromatic heterocycles. The summed E-state index contributed by atoms with van der Waals surface area (Å²) in [6, 6.07) is 8.61. The van der Waals surface area contributed by atoms with E-state index in [1.807, 2.05) is 12.1 Å². The van der Waals surface area contributed by atoms with E-state index in [1.165, 1.54) is 31.2 Å². The highest BCUT2D eigenvalue weighted by Crippen LogP contribution is 2.43. The molecule has 1 aliphatic rings. The summed E-state index contributed by atoms with van der Waals surface area (Å²) < 4.78 is 0. The maximum absolute atomic E-state index is 9.92. The molecule has 1 N–H and O–H groups in total. The highest BCUT2D eigenvalue weighted by molar-refractivity contribution is 5.33. The van der Waals surface area contributed by atoms with E-state index < -0.39 is 0 Å². The van der Waals surface area contributed by atoms with Crippen LogP contribution in [0, 0.1) is 0 Å². The summed E-state index contributed by atoms with van der Waals surface area (Å²) >= 11 is 0. The quantitative estimate of drug-likeness (QED) is 0.865. The third kappa shape index (κ3) is 3.47. The molecule has 1 saturated carbocycles. The Balaban J connectivity index is 2.25. The maximum atomic E-state index is 9.92. The van der Waals surface area contributed by atoms with Gasteiger partial charge in [0.05, 0.1) is 0 Å². The Bertz CT molecular complexity index is 466. The van der Waals surface area contributed by atoms with E-state index in [1.54, 1.807) is 6.07 Å². The van der Waals surface area contributed by atoms with Gasteiger partial charge in [-0.1, -0.05) is 26.0 Å². The van der Waals surface area contributed by atoms with Crippen molar-refractivity contribution in [2.45, 2.75) is 57.5 Å². The van der Waals surface area contributed by atoms with Gasteiger partial charge in [0.1, 0.15) is 5.75 Å². The normalized spacial score (nSPS) is 25.8. The lowest BCUT2D eigenvalue weighted by atomic mass is 9.73. The first-order chi connectivity index (χ1) is 10.5. The Morgan fingerprint density at radius 3 is 2.41 bits per heavy atom. The lowest BCUT2D eigenvalue weighted by Gasteiger charge is -2.48. The molecule has 0 spiro atoms. The highest BCUT2D eigenvalue weighted by Gasteiger charge is 2.40. The van der Waals surface area contributed by atoms with Crippen molar-refractivity contribution in [1.82, 2.24) is 9.80 Å². The fourth-order valence-corrected chi connectivity index (χ4v) is 4.01. The van der Waals surface area contributed by atoms with Crippen molar-refractivity contribution in [2.75, 3.05) is 27.2 Å². The van der Waals surface area contributed by atoms with E-state index in [0.29, 0.717) is 11.8 Å². The molecule has 1 aliphatic carbocycles. The van der Waals surface area contributed by atoms with Gasteiger partial charge < -0.3 is 10.0 Å². The molecular weight excluding hydrogens is 272 g/mol. The Morgan fingerprint density at radius 2 is 1.86 bits per heavy atom. The van der Waals surface area contributed by atoms with Gasteiger partial charge in [-0.25, -0.2) is 0 Å². The van der Waals surface area contributed by atoms with Crippen LogP contribution >= 0.6 is 0 Å². The Hall–Kier alpha value is -1.06. The van der Waals surface area contributed by atoms with E-state index in [2.05, 4.69) is 43.8 Å². The van der Waals surface area contributed by atoms with E-state index in [9.17, 15) is 5.11 Å². The molecule has 1 aromatic rings. The molecule has 2 rings (SSSR count). The second-order valence-electron chi connectivity index (χ2n) is 6.81. The van der Waals surface area contributed by atoms with E-state index in [0.717, 1.165) is 19.5 Å². The monoisotopic (exact) mass is 304 g/mol. The third-order valence-electron chi connectivity index (χ3n) is 5.58. The maximum Gasteiger partial charge on any atom is 0.115 e. The van der Waals surface area contributed by atoms with Crippen molar-refractivity contribution >= 4 is 0 Å². The van der Waals surface area contributed by atoms with Gasteiger partial charge in [0, 0.05) is 11.6 Å². The molecule has 1 fully saturated rings. The van der Waals surface area contributed by atoms with Crippen molar-refractivity contribution in [3.63, 3.8) is 0 Å². The van der Waals surface area contributed by atoms with E-state index in [-0.39, 0.29) is 5.54 Å². The number of hydrogen-bond acceptors (Lipinski definition) is 3. The molecule has 3 nitrogen and oxygen atoms in total. The molecule has 0 unspecified atom stereocenters. The molecule has 3 heteroatoms. The predicted molar refractivity (Wildman–Crippen MR) is 93.3 cm³/mol. The van der Waals surface area contributed by atoms with Crippen LogP contribution < -0.4 is 0 Å². The molecule has 0 atom stereocenters. The number of aromatic hydroxyl groups is 1. The van der Waals surface area contributed by atoms with Gasteiger partial charge in [-0.15, -0.1) is 0 Å². The van der Waals surface area contributed by atoms with Gasteiger partial charge in [-0.05, 0) is 77.0 Å². The molecule has 0 saturated heterocycles. The number of nitrogens with zero attached hydrogens (tertiary/aromatic N) is 2. The number of rotatable bonds is 6. The zero-order valence-corrected chi connectivity index (χ0v) is 14.7. The zero-order valence-electron chi connectivity index (χ0n) is 14.7. The van der Waals surface area contributed by atoms with Gasteiger partial charge in [0.15, 0.2) is 0 Å². The Kier molecular flexibility index (Phi) is 5.87. The Labute approximate surface area is 135 Å². The fourth-order valence-electron chi connectivity index (χ4n) is 4.01. The van der Waals surface area contributed by atoms with Crippen LogP contribution in [0.25, 0.3) is 0 Å². The highest BCUT2D eigenvalue weighted by atomic mass is 16.3. The second kappa shape index (κ2) is 7.47. The van der Waals surface area contributed by atoms with Crippen molar-refractivity contribution in [2.24, 2.45) is 0 Å².